The van der Waals surface area contributed by atoms with E-state index in [1.165, 1.54) is 0 Å². The molecule has 0 aliphatic rings. The van der Waals surface area contributed by atoms with Gasteiger partial charge in [0.25, 0.3) is 0 Å². The minimum Gasteiger partial charge on any atom is -0.497 e. The summed E-state index contributed by atoms with van der Waals surface area (Å²) in [5, 5.41) is 4.33. The van der Waals surface area contributed by atoms with Crippen LogP contribution in [0.1, 0.15) is 16.8 Å². The summed E-state index contributed by atoms with van der Waals surface area (Å²) in [6.45, 7) is 3.93. The summed E-state index contributed by atoms with van der Waals surface area (Å²) in [5.41, 5.74) is 6.68. The molecule has 0 saturated heterocycles. The highest BCUT2D eigenvalue weighted by Crippen LogP contribution is 2.24. The van der Waals surface area contributed by atoms with Crippen molar-refractivity contribution >= 4 is 12.0 Å². The highest BCUT2D eigenvalue weighted by molar-refractivity contribution is 5.84. The van der Waals surface area contributed by atoms with Crippen LogP contribution in [0.3, 0.4) is 0 Å². The molecule has 1 heterocycles. The highest BCUT2D eigenvalue weighted by Gasteiger charge is 2.09. The Kier molecular flexibility index (Phi) is 5.66. The zero-order valence-corrected chi connectivity index (χ0v) is 15.9. The summed E-state index contributed by atoms with van der Waals surface area (Å²) in [5.74, 6) is 2.75. The molecule has 6 nitrogen and oxygen atoms in total. The van der Waals surface area contributed by atoms with Crippen molar-refractivity contribution in [1.82, 2.24) is 9.97 Å². The Morgan fingerprint density at radius 1 is 0.963 bits per heavy atom. The van der Waals surface area contributed by atoms with E-state index in [-0.39, 0.29) is 0 Å². The van der Waals surface area contributed by atoms with Gasteiger partial charge in [-0.1, -0.05) is 30.3 Å². The first-order valence-electron chi connectivity index (χ1n) is 8.54. The normalized spacial score (nSPS) is 10.8. The van der Waals surface area contributed by atoms with Crippen LogP contribution in [-0.2, 0) is 0 Å². The molecule has 138 valence electrons. The minimum atomic E-state index is 0.665. The van der Waals surface area contributed by atoms with E-state index in [9.17, 15) is 0 Å². The van der Waals surface area contributed by atoms with Crippen LogP contribution in [0, 0.1) is 13.8 Å². The van der Waals surface area contributed by atoms with Crippen molar-refractivity contribution in [3.63, 3.8) is 0 Å². The van der Waals surface area contributed by atoms with Gasteiger partial charge >= 0.3 is 0 Å². The molecule has 0 saturated carbocycles. The Bertz CT molecular complexity index is 956. The number of hydrogen-bond donors (Lipinski definition) is 1. The number of aryl methyl sites for hydroxylation is 1. The fourth-order valence-corrected chi connectivity index (χ4v) is 2.54. The molecule has 1 N–H and O–H groups in total. The van der Waals surface area contributed by atoms with E-state index < -0.39 is 0 Å². The zero-order valence-electron chi connectivity index (χ0n) is 15.9. The first-order chi connectivity index (χ1) is 13.1. The second-order valence-corrected chi connectivity index (χ2v) is 5.95. The van der Waals surface area contributed by atoms with Crippen molar-refractivity contribution in [2.24, 2.45) is 5.10 Å². The van der Waals surface area contributed by atoms with Gasteiger partial charge in [0.1, 0.15) is 11.5 Å². The molecule has 2 aromatic carbocycles. The molecule has 0 unspecified atom stereocenters. The van der Waals surface area contributed by atoms with Crippen LogP contribution in [-0.4, -0.2) is 30.4 Å². The van der Waals surface area contributed by atoms with E-state index in [0.29, 0.717) is 17.4 Å². The third-order valence-electron chi connectivity index (χ3n) is 4.24. The second kappa shape index (κ2) is 8.31. The average Bonchev–Trinajstić information content (AvgIpc) is 2.71. The maximum Gasteiger partial charge on any atom is 0.161 e. The van der Waals surface area contributed by atoms with Crippen molar-refractivity contribution in [2.45, 2.75) is 13.8 Å². The summed E-state index contributed by atoms with van der Waals surface area (Å²) < 4.78 is 10.6. The standard InChI is InChI=1S/C21H22N4O2/c1-14-15(2)23-21(16-8-6-5-7-9-16)24-20(14)25-22-13-17-10-11-18(26-3)12-19(17)27-4/h5-13H,1-4H3,(H,23,24,25)/b22-13+. The van der Waals surface area contributed by atoms with Gasteiger partial charge in [-0.05, 0) is 26.0 Å². The largest absolute Gasteiger partial charge is 0.497 e. The number of rotatable bonds is 6. The van der Waals surface area contributed by atoms with Crippen molar-refractivity contribution in [2.75, 3.05) is 19.6 Å². The van der Waals surface area contributed by atoms with Crippen LogP contribution >= 0.6 is 0 Å². The van der Waals surface area contributed by atoms with Crippen LogP contribution in [0.2, 0.25) is 0 Å². The van der Waals surface area contributed by atoms with Crippen LogP contribution in [0.4, 0.5) is 5.82 Å². The first-order valence-corrected chi connectivity index (χ1v) is 8.54. The topological polar surface area (TPSA) is 68.6 Å². The molecule has 1 aromatic heterocycles. The van der Waals surface area contributed by atoms with E-state index in [2.05, 4.69) is 20.5 Å². The van der Waals surface area contributed by atoms with Gasteiger partial charge in [0.2, 0.25) is 0 Å². The van der Waals surface area contributed by atoms with Gasteiger partial charge in [-0.15, -0.1) is 0 Å². The van der Waals surface area contributed by atoms with Gasteiger partial charge in [0.15, 0.2) is 11.6 Å². The van der Waals surface area contributed by atoms with Gasteiger partial charge in [-0.25, -0.2) is 9.97 Å². The fourth-order valence-electron chi connectivity index (χ4n) is 2.54. The molecule has 3 aromatic rings. The van der Waals surface area contributed by atoms with Gasteiger partial charge in [-0.3, -0.25) is 5.43 Å². The molecule has 0 aliphatic carbocycles. The van der Waals surface area contributed by atoms with Crippen LogP contribution in [0.25, 0.3) is 11.4 Å². The summed E-state index contributed by atoms with van der Waals surface area (Å²) in [4.78, 5) is 9.20. The van der Waals surface area contributed by atoms with Gasteiger partial charge in [0, 0.05) is 28.5 Å². The van der Waals surface area contributed by atoms with Crippen LogP contribution in [0.5, 0.6) is 11.5 Å². The molecule has 0 bridgehead atoms. The van der Waals surface area contributed by atoms with Crippen molar-refractivity contribution in [1.29, 1.82) is 0 Å². The van der Waals surface area contributed by atoms with Crippen molar-refractivity contribution in [3.05, 3.63) is 65.4 Å². The van der Waals surface area contributed by atoms with Gasteiger partial charge in [-0.2, -0.15) is 5.10 Å². The molecule has 3 rings (SSSR count). The predicted octanol–water partition coefficient (Wildman–Crippen LogP) is 4.22. The quantitative estimate of drug-likeness (QED) is 0.525. The Morgan fingerprint density at radius 3 is 2.44 bits per heavy atom. The minimum absolute atomic E-state index is 0.665. The van der Waals surface area contributed by atoms with E-state index in [1.807, 2.05) is 62.4 Å². The lowest BCUT2D eigenvalue weighted by Gasteiger charge is -2.10. The lowest BCUT2D eigenvalue weighted by Crippen LogP contribution is -2.03. The van der Waals surface area contributed by atoms with E-state index in [4.69, 9.17) is 9.47 Å². The SMILES string of the molecule is COc1ccc(/C=N/Nc2nc(-c3ccccc3)nc(C)c2C)c(OC)c1. The number of nitrogens with zero attached hydrogens (tertiary/aromatic N) is 3. The van der Waals surface area contributed by atoms with Crippen LogP contribution < -0.4 is 14.9 Å². The molecule has 0 spiro atoms. The number of nitrogens with one attached hydrogen (secondary N) is 1. The molecule has 27 heavy (non-hydrogen) atoms. The number of anilines is 1. The number of methoxy groups -OCH3 is 2. The number of benzene rings is 2. The fraction of sp³-hybridized carbons (Fsp3) is 0.190. The monoisotopic (exact) mass is 362 g/mol. The summed E-state index contributed by atoms with van der Waals surface area (Å²) >= 11 is 0. The van der Waals surface area contributed by atoms with E-state index in [1.54, 1.807) is 20.4 Å². The molecule has 0 atom stereocenters. The molecule has 0 radical (unpaired) electrons. The van der Waals surface area contributed by atoms with Gasteiger partial charge < -0.3 is 9.47 Å². The smallest absolute Gasteiger partial charge is 0.161 e. The lowest BCUT2D eigenvalue weighted by molar-refractivity contribution is 0.394. The second-order valence-electron chi connectivity index (χ2n) is 5.95. The summed E-state index contributed by atoms with van der Waals surface area (Å²) in [7, 11) is 3.23. The predicted molar refractivity (Wildman–Crippen MR) is 108 cm³/mol. The third-order valence-corrected chi connectivity index (χ3v) is 4.24. The van der Waals surface area contributed by atoms with E-state index in [0.717, 1.165) is 28.1 Å². The maximum atomic E-state index is 5.39. The lowest BCUT2D eigenvalue weighted by atomic mass is 10.2. The summed E-state index contributed by atoms with van der Waals surface area (Å²) in [6.07, 6.45) is 1.69. The number of aromatic nitrogens is 2. The Hall–Kier alpha value is -3.41. The average molecular weight is 362 g/mol. The maximum absolute atomic E-state index is 5.39. The first kappa shape index (κ1) is 18.4. The molecule has 6 heteroatoms. The third kappa shape index (κ3) is 4.23. The molecule has 0 amide bonds. The Balaban J connectivity index is 1.86. The van der Waals surface area contributed by atoms with Crippen molar-refractivity contribution in [3.8, 4) is 22.9 Å². The summed E-state index contributed by atoms with van der Waals surface area (Å²) in [6, 6.07) is 15.4. The van der Waals surface area contributed by atoms with Crippen LogP contribution in [0.15, 0.2) is 53.6 Å². The van der Waals surface area contributed by atoms with Crippen molar-refractivity contribution < 1.29 is 9.47 Å². The number of hydrazone groups is 1. The Morgan fingerprint density at radius 2 is 1.74 bits per heavy atom. The molecule has 0 aliphatic heterocycles. The van der Waals surface area contributed by atoms with Gasteiger partial charge in [0.05, 0.1) is 20.4 Å². The zero-order chi connectivity index (χ0) is 19.2. The molecular formula is C21H22N4O2. The highest BCUT2D eigenvalue weighted by atomic mass is 16.5. The number of hydrogen-bond acceptors (Lipinski definition) is 6. The number of ether oxygens (including phenoxy) is 2. The Labute approximate surface area is 158 Å². The molecular weight excluding hydrogens is 340 g/mol. The molecule has 0 fully saturated rings. The van der Waals surface area contributed by atoms with E-state index >= 15 is 0 Å².